The molecule has 1 aliphatic rings. The van der Waals surface area contributed by atoms with Crippen molar-refractivity contribution in [3.05, 3.63) is 138 Å². The Balaban J connectivity index is 1.64. The van der Waals surface area contributed by atoms with Crippen LogP contribution in [-0.2, 0) is 17.4 Å². The molecule has 0 spiro atoms. The van der Waals surface area contributed by atoms with E-state index in [0.717, 1.165) is 29.5 Å². The minimum atomic E-state index is -0.518. The molecule has 0 radical (unpaired) electrons. The zero-order chi connectivity index (χ0) is 39.2. The molecule has 0 fully saturated rings. The van der Waals surface area contributed by atoms with E-state index in [2.05, 4.69) is 27.7 Å². The number of nitrogens with zero attached hydrogens (tertiary/aromatic N) is 2. The maximum atomic E-state index is 10.2. The third-order valence-electron chi connectivity index (χ3n) is 9.83. The number of hydrogen-bond donors (Lipinski definition) is 0. The van der Waals surface area contributed by atoms with Crippen molar-refractivity contribution in [2.45, 2.75) is 57.9 Å². The van der Waals surface area contributed by atoms with Crippen LogP contribution >= 0.6 is 0 Å². The van der Waals surface area contributed by atoms with E-state index in [-0.39, 0.29) is 75.4 Å². The SMILES string of the molecule is [2H]c1c([2H])c([2H])c2c(c1[2H])c([2H])c([2H])c1c2c2c([2H])c3c4c([2H])c5c(c([2H])c4n(-c4ccccc4)c3c([2H])c2n1Cc1ccccc1)C(C)(C)CCC5(C)C. The summed E-state index contributed by atoms with van der Waals surface area (Å²) in [7, 11) is 0. The van der Waals surface area contributed by atoms with Crippen molar-refractivity contribution < 1.29 is 13.7 Å². The molecule has 1 aliphatic carbocycles. The first-order chi connectivity index (χ1) is 26.0. The average molecular weight is 593 g/mol. The molecule has 2 nitrogen and oxygen atoms in total. The van der Waals surface area contributed by atoms with E-state index in [1.807, 2.05) is 65.2 Å². The maximum absolute atomic E-state index is 10.2. The molecule has 9 rings (SSSR count). The Morgan fingerprint density at radius 1 is 0.600 bits per heavy atom. The van der Waals surface area contributed by atoms with Crippen molar-refractivity contribution in [1.29, 1.82) is 0 Å². The Labute approximate surface area is 278 Å². The van der Waals surface area contributed by atoms with Crippen LogP contribution in [0.25, 0.3) is 60.1 Å². The molecule has 8 aromatic rings. The van der Waals surface area contributed by atoms with Gasteiger partial charge in [0.15, 0.2) is 0 Å². The second-order valence-electron chi connectivity index (χ2n) is 13.7. The highest BCUT2D eigenvalue weighted by molar-refractivity contribution is 6.25. The van der Waals surface area contributed by atoms with E-state index in [1.54, 1.807) is 4.57 Å². The largest absolute Gasteiger partial charge is 0.336 e. The lowest BCUT2D eigenvalue weighted by Crippen LogP contribution is -2.33. The van der Waals surface area contributed by atoms with Crippen LogP contribution in [0.4, 0.5) is 0 Å². The molecule has 0 amide bonds. The molecule has 0 saturated carbocycles. The lowest BCUT2D eigenvalue weighted by molar-refractivity contribution is 0.332. The van der Waals surface area contributed by atoms with Gasteiger partial charge in [-0.15, -0.1) is 0 Å². The summed E-state index contributed by atoms with van der Waals surface area (Å²) < 4.78 is 97.6. The third kappa shape index (κ3) is 3.88. The monoisotopic (exact) mass is 592 g/mol. The highest BCUT2D eigenvalue weighted by Crippen LogP contribution is 2.49. The van der Waals surface area contributed by atoms with Gasteiger partial charge in [0.2, 0.25) is 0 Å². The topological polar surface area (TPSA) is 9.86 Å². The Bertz CT molecular complexity index is 3000. The molecule has 0 N–H and O–H groups in total. The molecule has 6 aromatic carbocycles. The number of benzene rings is 6. The van der Waals surface area contributed by atoms with Crippen LogP contribution < -0.4 is 0 Å². The predicted octanol–water partition coefficient (Wildman–Crippen LogP) is 11.4. The first kappa shape index (κ1) is 18.2. The van der Waals surface area contributed by atoms with Gasteiger partial charge in [-0.25, -0.2) is 0 Å². The molecule has 0 atom stereocenters. The lowest BCUT2D eigenvalue weighted by Gasteiger charge is -2.42. The molecular formula is C43H38N2. The maximum Gasteiger partial charge on any atom is 0.0668 e. The second kappa shape index (κ2) is 9.34. The van der Waals surface area contributed by atoms with Crippen LogP contribution in [0.5, 0.6) is 0 Å². The minimum absolute atomic E-state index is 0.0107. The van der Waals surface area contributed by atoms with Crippen molar-refractivity contribution >= 4 is 54.4 Å². The van der Waals surface area contributed by atoms with Gasteiger partial charge in [-0.3, -0.25) is 0 Å². The standard InChI is InChI=1S/C43H38N2/c1-42(2)21-22-43(3,4)36-25-39-33(24-35(36)42)32-23-34-38(26-40(32)45(39)30-16-9-6-10-17-30)44(27-28-13-7-5-8-14-28)37-20-19-29-15-11-12-18-31(29)41(34)37/h5-20,23-26H,21-22,27H2,1-4H3/i11D,12D,15D,18D,19D,20D,23D,24D,25D,26D. The Kier molecular flexibility index (Phi) is 3.78. The fraction of sp³-hybridized carbons (Fsp3) is 0.209. The highest BCUT2D eigenvalue weighted by atomic mass is 15.0. The summed E-state index contributed by atoms with van der Waals surface area (Å²) in [5.74, 6) is 0. The first-order valence-corrected chi connectivity index (χ1v) is 15.6. The van der Waals surface area contributed by atoms with Gasteiger partial charge in [-0.05, 0) is 93.5 Å². The van der Waals surface area contributed by atoms with Gasteiger partial charge < -0.3 is 9.13 Å². The molecule has 2 aromatic heterocycles. The summed E-state index contributed by atoms with van der Waals surface area (Å²) >= 11 is 0. The summed E-state index contributed by atoms with van der Waals surface area (Å²) in [5, 5.41) is 0.991. The molecular weight excluding hydrogens is 544 g/mol. The summed E-state index contributed by atoms with van der Waals surface area (Å²) in [6.07, 6.45) is 1.63. The summed E-state index contributed by atoms with van der Waals surface area (Å²) in [6.45, 7) is 8.58. The van der Waals surface area contributed by atoms with Crippen LogP contribution in [0.15, 0.2) is 121 Å². The molecule has 2 heteroatoms. The molecule has 0 aliphatic heterocycles. The van der Waals surface area contributed by atoms with Crippen molar-refractivity contribution in [2.75, 3.05) is 0 Å². The fourth-order valence-corrected chi connectivity index (χ4v) is 7.27. The summed E-state index contributed by atoms with van der Waals surface area (Å²) in [4.78, 5) is 0. The third-order valence-corrected chi connectivity index (χ3v) is 9.83. The molecule has 45 heavy (non-hydrogen) atoms. The molecule has 0 unspecified atom stereocenters. The van der Waals surface area contributed by atoms with Crippen molar-refractivity contribution in [2.24, 2.45) is 0 Å². The number of hydrogen-bond acceptors (Lipinski definition) is 0. The van der Waals surface area contributed by atoms with Gasteiger partial charge >= 0.3 is 0 Å². The number of para-hydroxylation sites is 1. The van der Waals surface area contributed by atoms with Gasteiger partial charge in [0.05, 0.1) is 35.8 Å². The van der Waals surface area contributed by atoms with E-state index in [1.165, 1.54) is 0 Å². The Morgan fingerprint density at radius 3 is 2.00 bits per heavy atom. The van der Waals surface area contributed by atoms with Crippen molar-refractivity contribution in [1.82, 2.24) is 9.13 Å². The van der Waals surface area contributed by atoms with Gasteiger partial charge in [-0.1, -0.05) is 106 Å². The lowest BCUT2D eigenvalue weighted by atomic mass is 9.63. The van der Waals surface area contributed by atoms with E-state index >= 15 is 0 Å². The zero-order valence-electron chi connectivity index (χ0n) is 35.8. The van der Waals surface area contributed by atoms with E-state index in [9.17, 15) is 6.85 Å². The van der Waals surface area contributed by atoms with E-state index in [0.29, 0.717) is 27.5 Å². The van der Waals surface area contributed by atoms with Crippen LogP contribution in [0, 0.1) is 0 Å². The fourth-order valence-electron chi connectivity index (χ4n) is 7.27. The number of aromatic nitrogens is 2. The van der Waals surface area contributed by atoms with Crippen LogP contribution in [0.2, 0.25) is 0 Å². The van der Waals surface area contributed by atoms with E-state index in [4.69, 9.17) is 6.85 Å². The van der Waals surface area contributed by atoms with Gasteiger partial charge in [0.1, 0.15) is 0 Å². The molecule has 0 bridgehead atoms. The highest BCUT2D eigenvalue weighted by Gasteiger charge is 2.38. The van der Waals surface area contributed by atoms with Gasteiger partial charge in [0.25, 0.3) is 0 Å². The molecule has 2 heterocycles. The normalized spacial score (nSPS) is 18.9. The quantitative estimate of drug-likeness (QED) is 0.193. The number of rotatable bonds is 3. The average Bonchev–Trinajstić information content (AvgIpc) is 3.70. The first-order valence-electron chi connectivity index (χ1n) is 20.6. The Morgan fingerprint density at radius 2 is 1.24 bits per heavy atom. The zero-order valence-corrected chi connectivity index (χ0v) is 25.8. The van der Waals surface area contributed by atoms with Crippen LogP contribution in [0.1, 0.15) is 70.9 Å². The second-order valence-corrected chi connectivity index (χ2v) is 13.7. The summed E-state index contributed by atoms with van der Waals surface area (Å²) in [6, 6.07) is 16.8. The van der Waals surface area contributed by atoms with Crippen LogP contribution in [-0.4, -0.2) is 9.13 Å². The van der Waals surface area contributed by atoms with Crippen molar-refractivity contribution in [3.63, 3.8) is 0 Å². The van der Waals surface area contributed by atoms with Gasteiger partial charge in [0, 0.05) is 33.8 Å². The van der Waals surface area contributed by atoms with Crippen LogP contribution in [0.3, 0.4) is 0 Å². The van der Waals surface area contributed by atoms with E-state index < -0.39 is 35.0 Å². The Hall–Kier alpha value is -4.82. The summed E-state index contributed by atoms with van der Waals surface area (Å²) in [5.41, 5.74) is 3.43. The van der Waals surface area contributed by atoms with Crippen molar-refractivity contribution in [3.8, 4) is 5.69 Å². The molecule has 0 saturated heterocycles. The minimum Gasteiger partial charge on any atom is -0.336 e. The predicted molar refractivity (Wildman–Crippen MR) is 192 cm³/mol. The molecule has 220 valence electrons. The number of fused-ring (bicyclic) bond motifs is 9. The van der Waals surface area contributed by atoms with Gasteiger partial charge in [-0.2, -0.15) is 0 Å². The smallest absolute Gasteiger partial charge is 0.0668 e.